The van der Waals surface area contributed by atoms with E-state index in [9.17, 15) is 18.0 Å². The van der Waals surface area contributed by atoms with Gasteiger partial charge in [-0.1, -0.05) is 19.9 Å². The van der Waals surface area contributed by atoms with Crippen LogP contribution in [0.15, 0.2) is 17.5 Å². The minimum absolute atomic E-state index is 0.148. The Balaban J connectivity index is 2.38. The van der Waals surface area contributed by atoms with Crippen molar-refractivity contribution in [2.45, 2.75) is 33.5 Å². The van der Waals surface area contributed by atoms with Gasteiger partial charge in [0.05, 0.1) is 12.1 Å². The lowest BCUT2D eigenvalue weighted by Crippen LogP contribution is -2.29. The fourth-order valence-electron chi connectivity index (χ4n) is 2.11. The van der Waals surface area contributed by atoms with E-state index in [1.54, 1.807) is 0 Å². The number of hydrogen-bond acceptors (Lipinski definition) is 3. The van der Waals surface area contributed by atoms with E-state index in [0.717, 1.165) is 4.88 Å². The van der Waals surface area contributed by atoms with E-state index in [0.29, 0.717) is 6.54 Å². The first-order chi connectivity index (χ1) is 10.7. The third-order valence-electron chi connectivity index (χ3n) is 3.26. The second kappa shape index (κ2) is 6.74. The monoisotopic (exact) mass is 345 g/mol. The van der Waals surface area contributed by atoms with Crippen molar-refractivity contribution in [3.05, 3.63) is 39.3 Å². The zero-order chi connectivity index (χ0) is 17.2. The minimum atomic E-state index is -4.67. The van der Waals surface area contributed by atoms with Crippen LogP contribution in [-0.2, 0) is 12.7 Å². The molecule has 0 unspecified atom stereocenters. The maximum atomic E-state index is 13.2. The van der Waals surface area contributed by atoms with Gasteiger partial charge in [0.15, 0.2) is 5.69 Å². The number of amides is 1. The topological polar surface area (TPSA) is 46.9 Å². The van der Waals surface area contributed by atoms with Crippen molar-refractivity contribution in [3.8, 4) is 0 Å². The second-order valence-electron chi connectivity index (χ2n) is 5.65. The molecule has 0 saturated heterocycles. The summed E-state index contributed by atoms with van der Waals surface area (Å²) in [5.74, 6) is -0.587. The van der Waals surface area contributed by atoms with Crippen molar-refractivity contribution in [2.75, 3.05) is 6.54 Å². The highest BCUT2D eigenvalue weighted by Crippen LogP contribution is 2.32. The second-order valence-corrected chi connectivity index (χ2v) is 6.68. The SMILES string of the molecule is Cc1c(C(=O)NCC(C)C)c(C(F)(F)F)nn1Cc1cccs1. The molecular weight excluding hydrogens is 327 g/mol. The summed E-state index contributed by atoms with van der Waals surface area (Å²) in [7, 11) is 0. The number of rotatable bonds is 5. The van der Waals surface area contributed by atoms with Gasteiger partial charge in [0.2, 0.25) is 0 Å². The van der Waals surface area contributed by atoms with Crippen LogP contribution in [0.5, 0.6) is 0 Å². The fraction of sp³-hybridized carbons (Fsp3) is 0.467. The van der Waals surface area contributed by atoms with E-state index >= 15 is 0 Å². The van der Waals surface area contributed by atoms with Crippen LogP contribution in [-0.4, -0.2) is 22.2 Å². The van der Waals surface area contributed by atoms with Crippen molar-refractivity contribution in [1.82, 2.24) is 15.1 Å². The summed E-state index contributed by atoms with van der Waals surface area (Å²) in [4.78, 5) is 13.1. The van der Waals surface area contributed by atoms with Gasteiger partial charge in [0, 0.05) is 17.1 Å². The quantitative estimate of drug-likeness (QED) is 0.898. The van der Waals surface area contributed by atoms with Crippen molar-refractivity contribution >= 4 is 17.2 Å². The molecule has 0 aromatic carbocycles. The van der Waals surface area contributed by atoms with E-state index in [4.69, 9.17) is 0 Å². The molecular formula is C15H18F3N3OS. The Morgan fingerprint density at radius 3 is 2.65 bits per heavy atom. The van der Waals surface area contributed by atoms with Crippen molar-refractivity contribution in [1.29, 1.82) is 0 Å². The Bertz CT molecular complexity index is 675. The van der Waals surface area contributed by atoms with Crippen LogP contribution in [0.4, 0.5) is 13.2 Å². The third kappa shape index (κ3) is 4.13. The smallest absolute Gasteiger partial charge is 0.352 e. The number of nitrogens with one attached hydrogen (secondary N) is 1. The maximum absolute atomic E-state index is 13.2. The Labute approximate surface area is 136 Å². The van der Waals surface area contributed by atoms with Gasteiger partial charge in [0.1, 0.15) is 0 Å². The first-order valence-corrected chi connectivity index (χ1v) is 8.03. The van der Waals surface area contributed by atoms with Gasteiger partial charge in [0.25, 0.3) is 5.91 Å². The van der Waals surface area contributed by atoms with Crippen LogP contribution in [0.25, 0.3) is 0 Å². The summed E-state index contributed by atoms with van der Waals surface area (Å²) in [6.07, 6.45) is -4.67. The average molecular weight is 345 g/mol. The standard InChI is InChI=1S/C15H18F3N3OS/c1-9(2)7-19-14(22)12-10(3)21(8-11-5-4-6-23-11)20-13(12)15(16,17)18/h4-6,9H,7-8H2,1-3H3,(H,19,22). The largest absolute Gasteiger partial charge is 0.435 e. The van der Waals surface area contributed by atoms with Crippen LogP contribution in [0.1, 0.15) is 40.5 Å². The lowest BCUT2D eigenvalue weighted by atomic mass is 10.1. The first-order valence-electron chi connectivity index (χ1n) is 7.15. The predicted molar refractivity (Wildman–Crippen MR) is 82.6 cm³/mol. The van der Waals surface area contributed by atoms with E-state index in [-0.39, 0.29) is 18.2 Å². The molecule has 0 saturated carbocycles. The Morgan fingerprint density at radius 2 is 2.13 bits per heavy atom. The highest BCUT2D eigenvalue weighted by molar-refractivity contribution is 7.09. The molecule has 0 bridgehead atoms. The number of hydrogen-bond donors (Lipinski definition) is 1. The number of alkyl halides is 3. The summed E-state index contributed by atoms with van der Waals surface area (Å²) in [5, 5.41) is 8.02. The van der Waals surface area contributed by atoms with Crippen LogP contribution in [0.3, 0.4) is 0 Å². The summed E-state index contributed by atoms with van der Waals surface area (Å²) in [6.45, 7) is 5.76. The molecule has 2 aromatic heterocycles. The number of carbonyl (C=O) groups is 1. The molecule has 0 aliphatic carbocycles. The lowest BCUT2D eigenvalue weighted by molar-refractivity contribution is -0.141. The Kier molecular flexibility index (Phi) is 5.13. The van der Waals surface area contributed by atoms with Crippen molar-refractivity contribution in [3.63, 3.8) is 0 Å². The van der Waals surface area contributed by atoms with Crippen LogP contribution >= 0.6 is 11.3 Å². The maximum Gasteiger partial charge on any atom is 0.435 e. The molecule has 1 N–H and O–H groups in total. The zero-order valence-electron chi connectivity index (χ0n) is 13.1. The normalized spacial score (nSPS) is 12.0. The van der Waals surface area contributed by atoms with Gasteiger partial charge in [-0.25, -0.2) is 0 Å². The summed E-state index contributed by atoms with van der Waals surface area (Å²) < 4.78 is 40.9. The molecule has 0 atom stereocenters. The van der Waals surface area contributed by atoms with Gasteiger partial charge in [-0.15, -0.1) is 11.3 Å². The number of aromatic nitrogens is 2. The molecule has 4 nitrogen and oxygen atoms in total. The summed E-state index contributed by atoms with van der Waals surface area (Å²) >= 11 is 1.43. The lowest BCUT2D eigenvalue weighted by Gasteiger charge is -2.10. The predicted octanol–water partition coefficient (Wildman–Crippen LogP) is 3.71. The number of halogens is 3. The van der Waals surface area contributed by atoms with Crippen LogP contribution < -0.4 is 5.32 Å². The van der Waals surface area contributed by atoms with Crippen molar-refractivity contribution < 1.29 is 18.0 Å². The van der Waals surface area contributed by atoms with Gasteiger partial charge >= 0.3 is 6.18 Å². The van der Waals surface area contributed by atoms with Gasteiger partial charge in [-0.05, 0) is 24.3 Å². The summed E-state index contributed by atoms with van der Waals surface area (Å²) in [6, 6.07) is 3.64. The molecule has 0 spiro atoms. The van der Waals surface area contributed by atoms with Crippen LogP contribution in [0.2, 0.25) is 0 Å². The molecule has 0 aliphatic rings. The molecule has 2 rings (SSSR count). The average Bonchev–Trinajstić information content (AvgIpc) is 3.05. The highest BCUT2D eigenvalue weighted by atomic mass is 32.1. The molecule has 126 valence electrons. The summed E-state index contributed by atoms with van der Waals surface area (Å²) in [5.41, 5.74) is -1.31. The van der Waals surface area contributed by atoms with E-state index in [1.807, 2.05) is 31.4 Å². The van der Waals surface area contributed by atoms with E-state index in [2.05, 4.69) is 10.4 Å². The molecule has 0 radical (unpaired) electrons. The number of thiophene rings is 1. The molecule has 2 heterocycles. The van der Waals surface area contributed by atoms with Crippen molar-refractivity contribution in [2.24, 2.45) is 5.92 Å². The highest BCUT2D eigenvalue weighted by Gasteiger charge is 2.40. The molecule has 2 aromatic rings. The number of nitrogens with zero attached hydrogens (tertiary/aromatic N) is 2. The molecule has 8 heteroatoms. The van der Waals surface area contributed by atoms with E-state index in [1.165, 1.54) is 22.9 Å². The van der Waals surface area contributed by atoms with Crippen LogP contribution in [0, 0.1) is 12.8 Å². The Hall–Kier alpha value is -1.83. The van der Waals surface area contributed by atoms with E-state index < -0.39 is 23.3 Å². The minimum Gasteiger partial charge on any atom is -0.352 e. The molecule has 0 aliphatic heterocycles. The Morgan fingerprint density at radius 1 is 1.43 bits per heavy atom. The van der Waals surface area contributed by atoms with Gasteiger partial charge in [-0.2, -0.15) is 18.3 Å². The molecule has 0 fully saturated rings. The number of carbonyl (C=O) groups excluding carboxylic acids is 1. The fourth-order valence-corrected chi connectivity index (χ4v) is 2.79. The molecule has 1 amide bonds. The first kappa shape index (κ1) is 17.5. The zero-order valence-corrected chi connectivity index (χ0v) is 13.9. The van der Waals surface area contributed by atoms with Gasteiger partial charge < -0.3 is 5.32 Å². The molecule has 23 heavy (non-hydrogen) atoms. The van der Waals surface area contributed by atoms with Gasteiger partial charge in [-0.3, -0.25) is 9.48 Å². The third-order valence-corrected chi connectivity index (χ3v) is 4.12.